The van der Waals surface area contributed by atoms with E-state index in [1.165, 1.54) is 7.11 Å². The molecule has 1 aliphatic rings. The van der Waals surface area contributed by atoms with Crippen LogP contribution in [0.25, 0.3) is 11.3 Å². The van der Waals surface area contributed by atoms with E-state index in [1.807, 2.05) is 47.4 Å². The van der Waals surface area contributed by atoms with Crippen molar-refractivity contribution in [2.75, 3.05) is 23.9 Å². The number of aromatic carboxylic acids is 1. The highest BCUT2D eigenvalue weighted by molar-refractivity contribution is 7.80. The summed E-state index contributed by atoms with van der Waals surface area (Å²) in [6.07, 6.45) is 1.73. The van der Waals surface area contributed by atoms with Crippen molar-refractivity contribution in [1.29, 1.82) is 0 Å². The lowest BCUT2D eigenvalue weighted by atomic mass is 10.0. The number of methoxy groups -OCH3 is 1. The minimum atomic E-state index is -0.986. The highest BCUT2D eigenvalue weighted by Crippen LogP contribution is 2.43. The Hall–Kier alpha value is -4.54. The van der Waals surface area contributed by atoms with Crippen molar-refractivity contribution in [2.45, 2.75) is 12.1 Å². The maximum absolute atomic E-state index is 11.9. The molecule has 0 saturated carbocycles. The summed E-state index contributed by atoms with van der Waals surface area (Å²) < 4.78 is 11.2. The average molecular weight is 529 g/mol. The topological polar surface area (TPSA) is 117 Å². The fourth-order valence-electron chi connectivity index (χ4n) is 4.40. The zero-order valence-corrected chi connectivity index (χ0v) is 21.1. The predicted molar refractivity (Wildman–Crippen MR) is 146 cm³/mol. The number of anilines is 2. The summed E-state index contributed by atoms with van der Waals surface area (Å²) in [6, 6.07) is 22.7. The molecule has 1 aliphatic heterocycles. The number of hydrogen-bond donors (Lipinski definition) is 3. The molecule has 2 unspecified atom stereocenters. The molecule has 38 heavy (non-hydrogen) atoms. The molecule has 1 amide bonds. The lowest BCUT2D eigenvalue weighted by Gasteiger charge is -2.26. The molecule has 2 aromatic heterocycles. The lowest BCUT2D eigenvalue weighted by Crippen LogP contribution is -2.29. The van der Waals surface area contributed by atoms with Crippen LogP contribution in [-0.2, 0) is 9.53 Å². The van der Waals surface area contributed by atoms with Crippen LogP contribution < -0.4 is 15.5 Å². The second kappa shape index (κ2) is 10.8. The van der Waals surface area contributed by atoms with Crippen molar-refractivity contribution >= 4 is 40.6 Å². The number of benzene rings is 2. The number of carboxylic acid groups (broad SMARTS) is 1. The molecule has 1 fully saturated rings. The molecule has 10 heteroatoms. The molecule has 2 aromatic carbocycles. The number of carbonyl (C=O) groups excluding carboxylic acids is 1. The van der Waals surface area contributed by atoms with Crippen molar-refractivity contribution in [2.24, 2.45) is 0 Å². The number of pyridine rings is 1. The molecule has 0 spiro atoms. The van der Waals surface area contributed by atoms with Crippen molar-refractivity contribution in [3.8, 4) is 11.3 Å². The van der Waals surface area contributed by atoms with Gasteiger partial charge in [-0.05, 0) is 72.9 Å². The molecule has 9 nitrogen and oxygen atoms in total. The van der Waals surface area contributed by atoms with Gasteiger partial charge >= 0.3 is 5.97 Å². The largest absolute Gasteiger partial charge is 0.478 e. The zero-order chi connectivity index (χ0) is 26.6. The molecule has 1 saturated heterocycles. The molecule has 3 heterocycles. The van der Waals surface area contributed by atoms with Gasteiger partial charge in [0.25, 0.3) is 0 Å². The van der Waals surface area contributed by atoms with Crippen LogP contribution in [0.1, 0.15) is 33.9 Å². The summed E-state index contributed by atoms with van der Waals surface area (Å²) in [4.78, 5) is 29.6. The molecule has 4 aromatic rings. The van der Waals surface area contributed by atoms with Gasteiger partial charge in [0.2, 0.25) is 5.91 Å². The smallest absolute Gasteiger partial charge is 0.335 e. The van der Waals surface area contributed by atoms with Crippen LogP contribution in [0.15, 0.2) is 89.5 Å². The van der Waals surface area contributed by atoms with Crippen LogP contribution in [0.4, 0.5) is 11.4 Å². The maximum Gasteiger partial charge on any atom is 0.335 e. The Balaban J connectivity index is 1.49. The Morgan fingerprint density at radius 2 is 1.84 bits per heavy atom. The van der Waals surface area contributed by atoms with Gasteiger partial charge in [-0.25, -0.2) is 4.79 Å². The Morgan fingerprint density at radius 1 is 1.08 bits per heavy atom. The molecule has 3 N–H and O–H groups in total. The standard InChI is InChI=1S/C28H24N4O5S/c1-36-16-24(33)30-19-9-11-20(12-10-19)32-26(25(31-28(32)38)21-4-2-3-15-29-21)23-14-13-22(37-23)17-5-7-18(8-6-17)27(34)35/h2-15,25-26H,16H2,1H3,(H,30,33)(H,31,38)(H,34,35). The molecule has 0 radical (unpaired) electrons. The van der Waals surface area contributed by atoms with Crippen LogP contribution in [0.5, 0.6) is 0 Å². The lowest BCUT2D eigenvalue weighted by molar-refractivity contribution is -0.119. The average Bonchev–Trinajstić information content (AvgIpc) is 3.54. The number of rotatable bonds is 8. The third-order valence-corrected chi connectivity index (χ3v) is 6.45. The first-order valence-electron chi connectivity index (χ1n) is 11.8. The number of carboxylic acids is 1. The first-order valence-corrected chi connectivity index (χ1v) is 12.2. The van der Waals surface area contributed by atoms with Gasteiger partial charge in [-0.15, -0.1) is 0 Å². The molecule has 0 bridgehead atoms. The SMILES string of the molecule is COCC(=O)Nc1ccc(N2C(=S)NC(c3ccccn3)C2c2ccc(-c3ccc(C(=O)O)cc3)o2)cc1. The van der Waals surface area contributed by atoms with Crippen LogP contribution in [0.2, 0.25) is 0 Å². The minimum absolute atomic E-state index is 0.0322. The molecule has 192 valence electrons. The maximum atomic E-state index is 11.9. The van der Waals surface area contributed by atoms with Gasteiger partial charge in [-0.2, -0.15) is 0 Å². The van der Waals surface area contributed by atoms with Crippen molar-refractivity contribution in [3.63, 3.8) is 0 Å². The van der Waals surface area contributed by atoms with Crippen LogP contribution in [0, 0.1) is 0 Å². The molecular weight excluding hydrogens is 504 g/mol. The first kappa shape index (κ1) is 25.1. The van der Waals surface area contributed by atoms with E-state index >= 15 is 0 Å². The monoisotopic (exact) mass is 528 g/mol. The zero-order valence-electron chi connectivity index (χ0n) is 20.3. The van der Waals surface area contributed by atoms with E-state index in [-0.39, 0.29) is 30.2 Å². The van der Waals surface area contributed by atoms with E-state index in [9.17, 15) is 14.7 Å². The number of nitrogens with zero attached hydrogens (tertiary/aromatic N) is 2. The predicted octanol–water partition coefficient (Wildman–Crippen LogP) is 4.80. The normalized spacial score (nSPS) is 16.8. The van der Waals surface area contributed by atoms with Gasteiger partial charge in [0.05, 0.1) is 17.3 Å². The molecular formula is C28H24N4O5S. The van der Waals surface area contributed by atoms with E-state index < -0.39 is 5.97 Å². The van der Waals surface area contributed by atoms with Crippen molar-refractivity contribution < 1.29 is 23.8 Å². The van der Waals surface area contributed by atoms with E-state index in [4.69, 9.17) is 21.4 Å². The van der Waals surface area contributed by atoms with Crippen LogP contribution in [-0.4, -0.2) is 40.8 Å². The second-order valence-corrected chi connectivity index (χ2v) is 9.00. The number of furan rings is 1. The van der Waals surface area contributed by atoms with E-state index in [2.05, 4.69) is 15.6 Å². The van der Waals surface area contributed by atoms with Crippen LogP contribution >= 0.6 is 12.2 Å². The summed E-state index contributed by atoms with van der Waals surface area (Å²) in [5, 5.41) is 15.9. The third kappa shape index (κ3) is 5.13. The van der Waals surface area contributed by atoms with E-state index in [0.717, 1.165) is 16.9 Å². The third-order valence-electron chi connectivity index (χ3n) is 6.14. The number of ether oxygens (including phenoxy) is 1. The highest BCUT2D eigenvalue weighted by atomic mass is 32.1. The minimum Gasteiger partial charge on any atom is -0.478 e. The second-order valence-electron chi connectivity index (χ2n) is 8.61. The van der Waals surface area contributed by atoms with Gasteiger partial charge in [0, 0.05) is 30.2 Å². The Morgan fingerprint density at radius 3 is 2.50 bits per heavy atom. The number of hydrogen-bond acceptors (Lipinski definition) is 6. The fraction of sp³-hybridized carbons (Fsp3) is 0.143. The number of carbonyl (C=O) groups is 2. The number of amides is 1. The van der Waals surface area contributed by atoms with Crippen molar-refractivity contribution in [1.82, 2.24) is 10.3 Å². The summed E-state index contributed by atoms with van der Waals surface area (Å²) in [5.41, 5.74) is 3.20. The van der Waals surface area contributed by atoms with Crippen LogP contribution in [0.3, 0.4) is 0 Å². The van der Waals surface area contributed by atoms with Gasteiger partial charge in [0.15, 0.2) is 5.11 Å². The van der Waals surface area contributed by atoms with Crippen molar-refractivity contribution in [3.05, 3.63) is 102 Å². The van der Waals surface area contributed by atoms with Gasteiger partial charge < -0.3 is 29.8 Å². The van der Waals surface area contributed by atoms with Gasteiger partial charge in [-0.1, -0.05) is 18.2 Å². The van der Waals surface area contributed by atoms with E-state index in [0.29, 0.717) is 22.3 Å². The highest BCUT2D eigenvalue weighted by Gasteiger charge is 2.42. The molecule has 2 atom stereocenters. The summed E-state index contributed by atoms with van der Waals surface area (Å²) in [7, 11) is 1.47. The molecule has 5 rings (SSSR count). The fourth-order valence-corrected chi connectivity index (χ4v) is 4.75. The Bertz CT molecular complexity index is 1450. The van der Waals surface area contributed by atoms with E-state index in [1.54, 1.807) is 42.6 Å². The Kier molecular flexibility index (Phi) is 7.16. The quantitative estimate of drug-likeness (QED) is 0.277. The first-order chi connectivity index (χ1) is 18.4. The van der Waals surface area contributed by atoms with Gasteiger partial charge in [-0.3, -0.25) is 9.78 Å². The Labute approximate surface area is 224 Å². The summed E-state index contributed by atoms with van der Waals surface area (Å²) in [5.74, 6) is 0.0278. The summed E-state index contributed by atoms with van der Waals surface area (Å²) >= 11 is 5.76. The molecule has 0 aliphatic carbocycles. The number of aromatic nitrogens is 1. The summed E-state index contributed by atoms with van der Waals surface area (Å²) in [6.45, 7) is -0.0322. The van der Waals surface area contributed by atoms with Gasteiger partial charge in [0.1, 0.15) is 24.2 Å². The number of nitrogens with one attached hydrogen (secondary N) is 2. The number of thiocarbonyl (C=S) groups is 1.